The summed E-state index contributed by atoms with van der Waals surface area (Å²) in [7, 11) is 0. The maximum Gasteiger partial charge on any atom is 0.311 e. The van der Waals surface area contributed by atoms with Crippen molar-refractivity contribution in [1.82, 2.24) is 9.88 Å². The number of benzene rings is 2. The van der Waals surface area contributed by atoms with Gasteiger partial charge in [0.25, 0.3) is 5.89 Å². The van der Waals surface area contributed by atoms with Gasteiger partial charge in [0.2, 0.25) is 0 Å². The highest BCUT2D eigenvalue weighted by molar-refractivity contribution is 6.30. The third-order valence-electron chi connectivity index (χ3n) is 4.88. The van der Waals surface area contributed by atoms with Gasteiger partial charge in [-0.3, -0.25) is 9.69 Å². The molecule has 0 fully saturated rings. The number of rotatable bonds is 4. The number of carbonyl (C=O) groups excluding carboxylic acids is 1. The summed E-state index contributed by atoms with van der Waals surface area (Å²) < 4.78 is 5.79. The van der Waals surface area contributed by atoms with Gasteiger partial charge >= 0.3 is 5.91 Å². The van der Waals surface area contributed by atoms with Gasteiger partial charge in [-0.1, -0.05) is 41.4 Å². The van der Waals surface area contributed by atoms with Crippen LogP contribution >= 0.6 is 11.6 Å². The fourth-order valence-corrected chi connectivity index (χ4v) is 3.58. The van der Waals surface area contributed by atoms with E-state index in [0.717, 1.165) is 43.9 Å². The van der Waals surface area contributed by atoms with Crippen molar-refractivity contribution >= 4 is 23.2 Å². The summed E-state index contributed by atoms with van der Waals surface area (Å²) in [6, 6.07) is 15.5. The zero-order valence-electron chi connectivity index (χ0n) is 15.7. The number of halogens is 1. The lowest BCUT2D eigenvalue weighted by Gasteiger charge is -2.19. The van der Waals surface area contributed by atoms with Gasteiger partial charge in [0.1, 0.15) is 5.76 Å². The molecular formula is C22H22ClN3O2. The van der Waals surface area contributed by atoms with Crippen LogP contribution in [0, 0.1) is 6.92 Å². The molecule has 4 rings (SSSR count). The zero-order chi connectivity index (χ0) is 19.5. The number of hydrogen-bond acceptors (Lipinski definition) is 4. The number of hydrogen-bond donors (Lipinski definition) is 1. The Kier molecular flexibility index (Phi) is 5.46. The monoisotopic (exact) mass is 395 g/mol. The lowest BCUT2D eigenvalue weighted by atomic mass is 10.1. The molecule has 3 aromatic rings. The van der Waals surface area contributed by atoms with Crippen LogP contribution in [0.1, 0.15) is 33.3 Å². The van der Waals surface area contributed by atoms with E-state index in [0.29, 0.717) is 10.7 Å². The highest BCUT2D eigenvalue weighted by Gasteiger charge is 2.23. The molecule has 6 heteroatoms. The van der Waals surface area contributed by atoms with Crippen molar-refractivity contribution in [2.45, 2.75) is 26.3 Å². The summed E-state index contributed by atoms with van der Waals surface area (Å²) in [6.45, 7) is 4.80. The van der Waals surface area contributed by atoms with Crippen molar-refractivity contribution in [3.8, 4) is 0 Å². The Morgan fingerprint density at radius 3 is 2.75 bits per heavy atom. The third-order valence-corrected chi connectivity index (χ3v) is 5.14. The van der Waals surface area contributed by atoms with Gasteiger partial charge in [-0.25, -0.2) is 4.98 Å². The highest BCUT2D eigenvalue weighted by Crippen LogP contribution is 2.20. The van der Waals surface area contributed by atoms with Crippen LogP contribution in [0.4, 0.5) is 5.69 Å². The van der Waals surface area contributed by atoms with E-state index in [2.05, 4.69) is 46.4 Å². The van der Waals surface area contributed by atoms with Crippen molar-refractivity contribution in [2.24, 2.45) is 0 Å². The standard InChI is InChI=1S/C22H22ClN3O2/c1-15-3-2-4-16(13-15)14-26-11-9-19-20(10-12-26)28-22(25-19)21(27)24-18-7-5-17(23)6-8-18/h2-8,13H,9-12,14H2,1H3,(H,24,27). The lowest BCUT2D eigenvalue weighted by Crippen LogP contribution is -2.26. The fourth-order valence-electron chi connectivity index (χ4n) is 3.45. The molecule has 2 aromatic carbocycles. The van der Waals surface area contributed by atoms with E-state index < -0.39 is 0 Å². The normalized spacial score (nSPS) is 14.4. The summed E-state index contributed by atoms with van der Waals surface area (Å²) in [5.74, 6) is 0.590. The van der Waals surface area contributed by atoms with Crippen LogP contribution in [0.25, 0.3) is 0 Å². The van der Waals surface area contributed by atoms with E-state index >= 15 is 0 Å². The minimum Gasteiger partial charge on any atom is -0.437 e. The first-order valence-corrected chi connectivity index (χ1v) is 9.78. The molecule has 0 atom stereocenters. The smallest absolute Gasteiger partial charge is 0.311 e. The van der Waals surface area contributed by atoms with Gasteiger partial charge in [0.15, 0.2) is 0 Å². The van der Waals surface area contributed by atoms with Gasteiger partial charge in [-0.05, 0) is 36.8 Å². The van der Waals surface area contributed by atoms with Gasteiger partial charge in [-0.15, -0.1) is 0 Å². The maximum absolute atomic E-state index is 12.4. The number of nitrogens with zero attached hydrogens (tertiary/aromatic N) is 2. The average molecular weight is 396 g/mol. The topological polar surface area (TPSA) is 58.4 Å². The first-order chi connectivity index (χ1) is 13.6. The molecular weight excluding hydrogens is 374 g/mol. The Morgan fingerprint density at radius 2 is 1.96 bits per heavy atom. The Balaban J connectivity index is 1.39. The molecule has 28 heavy (non-hydrogen) atoms. The molecule has 0 saturated heterocycles. The lowest BCUT2D eigenvalue weighted by molar-refractivity contribution is 0.0988. The minimum absolute atomic E-state index is 0.118. The van der Waals surface area contributed by atoms with Gasteiger partial charge < -0.3 is 9.73 Å². The molecule has 1 aromatic heterocycles. The second-order valence-corrected chi connectivity index (χ2v) is 7.55. The number of nitrogens with one attached hydrogen (secondary N) is 1. The van der Waals surface area contributed by atoms with Crippen molar-refractivity contribution in [1.29, 1.82) is 0 Å². The molecule has 0 spiro atoms. The van der Waals surface area contributed by atoms with Gasteiger partial charge in [0, 0.05) is 43.2 Å². The Bertz CT molecular complexity index is 956. The minimum atomic E-state index is -0.341. The van der Waals surface area contributed by atoms with Crippen LogP contribution in [0.2, 0.25) is 5.02 Å². The molecule has 0 bridgehead atoms. The zero-order valence-corrected chi connectivity index (χ0v) is 16.5. The van der Waals surface area contributed by atoms with E-state index in [1.165, 1.54) is 11.1 Å². The van der Waals surface area contributed by atoms with Crippen LogP contribution in [0.3, 0.4) is 0 Å². The maximum atomic E-state index is 12.4. The van der Waals surface area contributed by atoms with Gasteiger partial charge in [0.05, 0.1) is 5.69 Å². The number of fused-ring (bicyclic) bond motifs is 1. The van der Waals surface area contributed by atoms with E-state index in [1.807, 2.05) is 0 Å². The van der Waals surface area contributed by atoms with Crippen LogP contribution in [0.15, 0.2) is 52.9 Å². The molecule has 0 unspecified atom stereocenters. The number of amides is 1. The molecule has 0 radical (unpaired) electrons. The Labute approximate surface area is 169 Å². The quantitative estimate of drug-likeness (QED) is 0.707. The fraction of sp³-hybridized carbons (Fsp3) is 0.273. The molecule has 1 N–H and O–H groups in total. The Morgan fingerprint density at radius 1 is 1.18 bits per heavy atom. The summed E-state index contributed by atoms with van der Waals surface area (Å²) in [5, 5.41) is 3.41. The van der Waals surface area contributed by atoms with Crippen LogP contribution < -0.4 is 5.32 Å². The van der Waals surface area contributed by atoms with E-state index in [4.69, 9.17) is 16.0 Å². The summed E-state index contributed by atoms with van der Waals surface area (Å²) in [6.07, 6.45) is 1.53. The first-order valence-electron chi connectivity index (χ1n) is 9.40. The van der Waals surface area contributed by atoms with Crippen LogP contribution in [-0.4, -0.2) is 28.9 Å². The second kappa shape index (κ2) is 8.17. The molecule has 0 saturated carbocycles. The van der Waals surface area contributed by atoms with Crippen molar-refractivity contribution in [3.63, 3.8) is 0 Å². The summed E-state index contributed by atoms with van der Waals surface area (Å²) >= 11 is 5.87. The highest BCUT2D eigenvalue weighted by atomic mass is 35.5. The molecule has 1 aliphatic rings. The molecule has 5 nitrogen and oxygen atoms in total. The van der Waals surface area contributed by atoms with Crippen molar-refractivity contribution in [2.75, 3.05) is 18.4 Å². The number of anilines is 1. The third kappa shape index (κ3) is 4.43. The van der Waals surface area contributed by atoms with Crippen LogP contribution in [-0.2, 0) is 19.4 Å². The van der Waals surface area contributed by atoms with E-state index in [9.17, 15) is 4.79 Å². The largest absolute Gasteiger partial charge is 0.437 e. The molecule has 2 heterocycles. The first kappa shape index (κ1) is 18.7. The van der Waals surface area contributed by atoms with Crippen LogP contribution in [0.5, 0.6) is 0 Å². The van der Waals surface area contributed by atoms with E-state index in [1.54, 1.807) is 24.3 Å². The average Bonchev–Trinajstić information content (AvgIpc) is 3.00. The summed E-state index contributed by atoms with van der Waals surface area (Å²) in [4.78, 5) is 19.3. The molecule has 1 aliphatic heterocycles. The molecule has 0 aliphatic carbocycles. The Hall–Kier alpha value is -2.63. The second-order valence-electron chi connectivity index (χ2n) is 7.12. The number of aryl methyl sites for hydroxylation is 1. The van der Waals surface area contributed by atoms with E-state index in [-0.39, 0.29) is 11.8 Å². The van der Waals surface area contributed by atoms with Crippen molar-refractivity contribution in [3.05, 3.63) is 82.0 Å². The predicted octanol–water partition coefficient (Wildman–Crippen LogP) is 4.49. The summed E-state index contributed by atoms with van der Waals surface area (Å²) in [5.41, 5.74) is 4.13. The van der Waals surface area contributed by atoms with Gasteiger partial charge in [-0.2, -0.15) is 0 Å². The molecule has 1 amide bonds. The number of oxazole rings is 1. The predicted molar refractivity (Wildman–Crippen MR) is 110 cm³/mol. The molecule has 144 valence electrons. The van der Waals surface area contributed by atoms with Crippen molar-refractivity contribution < 1.29 is 9.21 Å². The number of carbonyl (C=O) groups is 1. The number of aromatic nitrogens is 1. The SMILES string of the molecule is Cc1cccc(CN2CCc3nc(C(=O)Nc4ccc(Cl)cc4)oc3CC2)c1.